The summed E-state index contributed by atoms with van der Waals surface area (Å²) < 4.78 is 0. The van der Waals surface area contributed by atoms with Crippen LogP contribution in [0.4, 0.5) is 0 Å². The molecule has 0 atom stereocenters. The highest BCUT2D eigenvalue weighted by molar-refractivity contribution is 6.08. The van der Waals surface area contributed by atoms with Crippen molar-refractivity contribution < 1.29 is 9.90 Å². The van der Waals surface area contributed by atoms with Crippen molar-refractivity contribution in [2.45, 2.75) is 32.4 Å². The van der Waals surface area contributed by atoms with Gasteiger partial charge in [0.2, 0.25) is 0 Å². The predicted octanol–water partition coefficient (Wildman–Crippen LogP) is 3.58. The lowest BCUT2D eigenvalue weighted by Gasteiger charge is -2.32. The van der Waals surface area contributed by atoms with Gasteiger partial charge < -0.3 is 15.4 Å². The molecule has 1 aliphatic heterocycles. The summed E-state index contributed by atoms with van der Waals surface area (Å²) in [6.07, 6.45) is 1.90. The van der Waals surface area contributed by atoms with Gasteiger partial charge in [-0.15, -0.1) is 0 Å². The number of aryl methyl sites for hydroxylation is 1. The maximum Gasteiger partial charge on any atom is 0.253 e. The van der Waals surface area contributed by atoms with Gasteiger partial charge in [0, 0.05) is 42.3 Å². The first-order valence-corrected chi connectivity index (χ1v) is 9.48. The number of aromatic hydroxyl groups is 1. The molecule has 27 heavy (non-hydrogen) atoms. The first-order chi connectivity index (χ1) is 13.1. The SMILES string of the molecule is Cc1[nH]c2ccc(O)cc2c1C(=O)NC1CCN(Cc2ccccc2)CC1. The minimum Gasteiger partial charge on any atom is -0.508 e. The molecule has 1 amide bonds. The molecule has 0 saturated carbocycles. The second kappa shape index (κ2) is 7.45. The van der Waals surface area contributed by atoms with E-state index in [1.807, 2.05) is 13.0 Å². The summed E-state index contributed by atoms with van der Waals surface area (Å²) in [6, 6.07) is 15.8. The number of fused-ring (bicyclic) bond motifs is 1. The van der Waals surface area contributed by atoms with Crippen LogP contribution in [0.15, 0.2) is 48.5 Å². The molecule has 2 heterocycles. The minimum absolute atomic E-state index is 0.0640. The smallest absolute Gasteiger partial charge is 0.253 e. The Morgan fingerprint density at radius 2 is 1.93 bits per heavy atom. The maximum atomic E-state index is 12.9. The molecule has 0 spiro atoms. The molecule has 0 unspecified atom stereocenters. The van der Waals surface area contributed by atoms with Crippen LogP contribution in [-0.2, 0) is 6.54 Å². The van der Waals surface area contributed by atoms with Crippen molar-refractivity contribution in [3.8, 4) is 5.75 Å². The topological polar surface area (TPSA) is 68.4 Å². The number of nitrogens with one attached hydrogen (secondary N) is 2. The normalized spacial score (nSPS) is 15.9. The summed E-state index contributed by atoms with van der Waals surface area (Å²) in [6.45, 7) is 4.82. The van der Waals surface area contributed by atoms with Crippen LogP contribution in [0.2, 0.25) is 0 Å². The van der Waals surface area contributed by atoms with E-state index in [1.165, 1.54) is 5.56 Å². The van der Waals surface area contributed by atoms with Gasteiger partial charge in [-0.3, -0.25) is 9.69 Å². The Balaban J connectivity index is 1.39. The van der Waals surface area contributed by atoms with E-state index in [1.54, 1.807) is 18.2 Å². The lowest BCUT2D eigenvalue weighted by molar-refractivity contribution is 0.0910. The van der Waals surface area contributed by atoms with Crippen molar-refractivity contribution in [1.29, 1.82) is 0 Å². The molecule has 3 N–H and O–H groups in total. The number of carbonyl (C=O) groups excluding carboxylic acids is 1. The number of piperidine rings is 1. The van der Waals surface area contributed by atoms with Crippen molar-refractivity contribution >= 4 is 16.8 Å². The summed E-state index contributed by atoms with van der Waals surface area (Å²) in [4.78, 5) is 18.5. The average molecular weight is 363 g/mol. The van der Waals surface area contributed by atoms with E-state index in [0.717, 1.165) is 49.1 Å². The van der Waals surface area contributed by atoms with E-state index in [0.29, 0.717) is 5.56 Å². The highest BCUT2D eigenvalue weighted by atomic mass is 16.3. The van der Waals surface area contributed by atoms with Crippen LogP contribution < -0.4 is 5.32 Å². The molecule has 4 rings (SSSR count). The number of nitrogens with zero attached hydrogens (tertiary/aromatic N) is 1. The van der Waals surface area contributed by atoms with Gasteiger partial charge in [-0.2, -0.15) is 0 Å². The van der Waals surface area contributed by atoms with Gasteiger partial charge in [-0.05, 0) is 43.5 Å². The van der Waals surface area contributed by atoms with Crippen molar-refractivity contribution in [2.75, 3.05) is 13.1 Å². The number of aromatic nitrogens is 1. The van der Waals surface area contributed by atoms with Crippen LogP contribution in [0, 0.1) is 6.92 Å². The number of phenolic OH excluding ortho intramolecular Hbond substituents is 1. The third-order valence-corrected chi connectivity index (χ3v) is 5.37. The molecule has 140 valence electrons. The highest BCUT2D eigenvalue weighted by Gasteiger charge is 2.23. The summed E-state index contributed by atoms with van der Waals surface area (Å²) >= 11 is 0. The lowest BCUT2D eigenvalue weighted by atomic mass is 10.0. The number of hydrogen-bond acceptors (Lipinski definition) is 3. The molecule has 5 nitrogen and oxygen atoms in total. The fourth-order valence-electron chi connectivity index (χ4n) is 3.94. The van der Waals surface area contributed by atoms with Gasteiger partial charge in [-0.25, -0.2) is 0 Å². The fraction of sp³-hybridized carbons (Fsp3) is 0.318. The van der Waals surface area contributed by atoms with E-state index >= 15 is 0 Å². The van der Waals surface area contributed by atoms with E-state index in [9.17, 15) is 9.90 Å². The van der Waals surface area contributed by atoms with Crippen LogP contribution in [0.25, 0.3) is 10.9 Å². The number of amides is 1. The molecule has 5 heteroatoms. The van der Waals surface area contributed by atoms with Crippen LogP contribution in [-0.4, -0.2) is 40.0 Å². The molecule has 1 fully saturated rings. The van der Waals surface area contributed by atoms with Gasteiger partial charge in [0.1, 0.15) is 5.75 Å². The van der Waals surface area contributed by atoms with Crippen molar-refractivity contribution in [3.63, 3.8) is 0 Å². The number of benzene rings is 2. The summed E-state index contributed by atoms with van der Waals surface area (Å²) in [5, 5.41) is 13.7. The molecule has 0 aliphatic carbocycles. The van der Waals surface area contributed by atoms with Gasteiger partial charge >= 0.3 is 0 Å². The average Bonchev–Trinajstić information content (AvgIpc) is 2.99. The van der Waals surface area contributed by atoms with Crippen molar-refractivity contribution in [3.05, 3.63) is 65.4 Å². The molecule has 1 aliphatic rings. The Bertz CT molecular complexity index is 941. The van der Waals surface area contributed by atoms with E-state index in [4.69, 9.17) is 0 Å². The van der Waals surface area contributed by atoms with E-state index in [-0.39, 0.29) is 17.7 Å². The summed E-state index contributed by atoms with van der Waals surface area (Å²) in [5.74, 6) is 0.107. The highest BCUT2D eigenvalue weighted by Crippen LogP contribution is 2.26. The Morgan fingerprint density at radius 1 is 1.19 bits per heavy atom. The van der Waals surface area contributed by atoms with Gasteiger partial charge in [0.25, 0.3) is 5.91 Å². The first kappa shape index (κ1) is 17.6. The molecule has 0 radical (unpaired) electrons. The summed E-state index contributed by atoms with van der Waals surface area (Å²) in [5.41, 5.74) is 3.66. The standard InChI is InChI=1S/C22H25N3O2/c1-15-21(19-13-18(26)7-8-20(19)23-15)22(27)24-17-9-11-25(12-10-17)14-16-5-3-2-4-6-16/h2-8,13,17,23,26H,9-12,14H2,1H3,(H,24,27). The first-order valence-electron chi connectivity index (χ1n) is 9.48. The number of likely N-dealkylation sites (tertiary alicyclic amines) is 1. The number of aromatic amines is 1. The van der Waals surface area contributed by atoms with Gasteiger partial charge in [-0.1, -0.05) is 30.3 Å². The Labute approximate surface area is 159 Å². The molecule has 2 aromatic carbocycles. The number of H-pyrrole nitrogens is 1. The third kappa shape index (κ3) is 3.83. The van der Waals surface area contributed by atoms with Gasteiger partial charge in [0.15, 0.2) is 0 Å². The predicted molar refractivity (Wildman–Crippen MR) is 107 cm³/mol. The zero-order valence-electron chi connectivity index (χ0n) is 15.5. The van der Waals surface area contributed by atoms with Crippen molar-refractivity contribution in [2.24, 2.45) is 0 Å². The number of rotatable bonds is 4. The Morgan fingerprint density at radius 3 is 2.67 bits per heavy atom. The molecule has 1 saturated heterocycles. The zero-order valence-corrected chi connectivity index (χ0v) is 15.5. The molecule has 3 aromatic rings. The van der Waals surface area contributed by atoms with E-state index in [2.05, 4.69) is 39.5 Å². The monoisotopic (exact) mass is 363 g/mol. The Kier molecular flexibility index (Phi) is 4.86. The molecule has 0 bridgehead atoms. The molecular weight excluding hydrogens is 338 g/mol. The lowest BCUT2D eigenvalue weighted by Crippen LogP contribution is -2.44. The van der Waals surface area contributed by atoms with Crippen LogP contribution in [0.1, 0.15) is 34.5 Å². The number of carbonyl (C=O) groups is 1. The zero-order chi connectivity index (χ0) is 18.8. The van der Waals surface area contributed by atoms with Crippen LogP contribution >= 0.6 is 0 Å². The second-order valence-electron chi connectivity index (χ2n) is 7.36. The van der Waals surface area contributed by atoms with Crippen LogP contribution in [0.5, 0.6) is 5.75 Å². The maximum absolute atomic E-state index is 12.9. The summed E-state index contributed by atoms with van der Waals surface area (Å²) in [7, 11) is 0. The van der Waals surface area contributed by atoms with Crippen molar-refractivity contribution in [1.82, 2.24) is 15.2 Å². The van der Waals surface area contributed by atoms with Crippen LogP contribution in [0.3, 0.4) is 0 Å². The Hall–Kier alpha value is -2.79. The molecular formula is C22H25N3O2. The minimum atomic E-state index is -0.0640. The van der Waals surface area contributed by atoms with E-state index < -0.39 is 0 Å². The number of phenols is 1. The fourth-order valence-corrected chi connectivity index (χ4v) is 3.94. The largest absolute Gasteiger partial charge is 0.508 e. The second-order valence-corrected chi connectivity index (χ2v) is 7.36. The van der Waals surface area contributed by atoms with Gasteiger partial charge in [0.05, 0.1) is 5.56 Å². The quantitative estimate of drug-likeness (QED) is 0.664. The molecule has 1 aromatic heterocycles. The number of hydrogen-bond donors (Lipinski definition) is 3. The third-order valence-electron chi connectivity index (χ3n) is 5.37.